The molecule has 5 heteroatoms. The van der Waals surface area contributed by atoms with Gasteiger partial charge in [-0.2, -0.15) is 5.10 Å². The smallest absolute Gasteiger partial charge is 0.264 e. The van der Waals surface area contributed by atoms with Crippen LogP contribution in [0, 0.1) is 6.92 Å². The number of rotatable bonds is 3. The molecule has 1 aliphatic heterocycles. The zero-order chi connectivity index (χ0) is 16.0. The Morgan fingerprint density at radius 2 is 1.91 bits per heavy atom. The number of anilines is 1. The van der Waals surface area contributed by atoms with Crippen LogP contribution in [-0.4, -0.2) is 22.4 Å². The van der Waals surface area contributed by atoms with E-state index in [0.29, 0.717) is 11.6 Å². The van der Waals surface area contributed by atoms with Crippen molar-refractivity contribution in [3.8, 4) is 11.1 Å². The number of halogens is 2. The third kappa shape index (κ3) is 2.28. The topological polar surface area (TPSA) is 21.1 Å². The quantitative estimate of drug-likeness (QED) is 0.851. The first-order valence-corrected chi connectivity index (χ1v) is 7.60. The van der Waals surface area contributed by atoms with Gasteiger partial charge in [0.25, 0.3) is 6.43 Å². The lowest BCUT2D eigenvalue weighted by Gasteiger charge is -2.25. The van der Waals surface area contributed by atoms with Crippen LogP contribution in [-0.2, 0) is 13.5 Å². The maximum Gasteiger partial charge on any atom is 0.264 e. The van der Waals surface area contributed by atoms with E-state index in [4.69, 9.17) is 0 Å². The van der Waals surface area contributed by atoms with Gasteiger partial charge in [0, 0.05) is 42.1 Å². The fraction of sp³-hybridized carbons (Fsp3) is 0.471. The molecule has 3 rings (SSSR count). The molecule has 2 aromatic rings. The number of alkyl halides is 2. The predicted octanol–water partition coefficient (Wildman–Crippen LogP) is 4.10. The largest absolute Gasteiger partial charge is 0.369 e. The molecule has 0 amide bonds. The summed E-state index contributed by atoms with van der Waals surface area (Å²) >= 11 is 0. The standard InChI is InChI=1S/C17H21F2N3/c1-10(2)22-6-5-12-7-13(14(17(18)19)8-16(12)22)15-9-20-21(4)11(15)3/h7-10,17H,5-6H2,1-4H3. The third-order valence-electron chi connectivity index (χ3n) is 4.57. The minimum Gasteiger partial charge on any atom is -0.369 e. The first kappa shape index (κ1) is 15.0. The van der Waals surface area contributed by atoms with Gasteiger partial charge in [-0.3, -0.25) is 4.68 Å². The number of benzene rings is 1. The molecule has 2 heterocycles. The highest BCUT2D eigenvalue weighted by atomic mass is 19.3. The number of hydrogen-bond donors (Lipinski definition) is 0. The minimum absolute atomic E-state index is 0.0994. The summed E-state index contributed by atoms with van der Waals surface area (Å²) in [6.45, 7) is 6.99. The summed E-state index contributed by atoms with van der Waals surface area (Å²) < 4.78 is 28.9. The van der Waals surface area contributed by atoms with E-state index in [9.17, 15) is 8.78 Å². The van der Waals surface area contributed by atoms with Gasteiger partial charge < -0.3 is 4.90 Å². The van der Waals surface area contributed by atoms with Crippen molar-refractivity contribution in [2.24, 2.45) is 7.05 Å². The number of aryl methyl sites for hydroxylation is 1. The van der Waals surface area contributed by atoms with E-state index in [2.05, 4.69) is 23.8 Å². The van der Waals surface area contributed by atoms with Crippen LogP contribution in [0.3, 0.4) is 0 Å². The molecule has 0 fully saturated rings. The summed E-state index contributed by atoms with van der Waals surface area (Å²) in [7, 11) is 1.83. The van der Waals surface area contributed by atoms with Crippen molar-refractivity contribution in [2.45, 2.75) is 39.7 Å². The average molecular weight is 305 g/mol. The van der Waals surface area contributed by atoms with E-state index in [1.54, 1.807) is 16.9 Å². The van der Waals surface area contributed by atoms with E-state index < -0.39 is 6.43 Å². The second kappa shape index (κ2) is 5.38. The lowest BCUT2D eigenvalue weighted by Crippen LogP contribution is -2.28. The lowest BCUT2D eigenvalue weighted by atomic mass is 9.96. The highest BCUT2D eigenvalue weighted by Crippen LogP contribution is 2.40. The number of nitrogens with zero attached hydrogens (tertiary/aromatic N) is 3. The van der Waals surface area contributed by atoms with E-state index in [-0.39, 0.29) is 5.56 Å². The molecule has 22 heavy (non-hydrogen) atoms. The highest BCUT2D eigenvalue weighted by molar-refractivity contribution is 5.75. The van der Waals surface area contributed by atoms with Crippen LogP contribution in [0.5, 0.6) is 0 Å². The van der Waals surface area contributed by atoms with E-state index in [1.807, 2.05) is 20.0 Å². The van der Waals surface area contributed by atoms with Gasteiger partial charge in [0.05, 0.1) is 6.20 Å². The van der Waals surface area contributed by atoms with Gasteiger partial charge in [0.15, 0.2) is 0 Å². The number of aromatic nitrogens is 2. The molecule has 0 unspecified atom stereocenters. The van der Waals surface area contributed by atoms with Crippen molar-refractivity contribution in [2.75, 3.05) is 11.4 Å². The van der Waals surface area contributed by atoms with Crippen molar-refractivity contribution in [1.29, 1.82) is 0 Å². The van der Waals surface area contributed by atoms with Crippen molar-refractivity contribution >= 4 is 5.69 Å². The molecule has 0 atom stereocenters. The van der Waals surface area contributed by atoms with Crippen LogP contribution in [0.25, 0.3) is 11.1 Å². The zero-order valence-corrected chi connectivity index (χ0v) is 13.4. The van der Waals surface area contributed by atoms with E-state index in [1.165, 1.54) is 0 Å². The van der Waals surface area contributed by atoms with Crippen LogP contribution in [0.15, 0.2) is 18.3 Å². The molecule has 3 nitrogen and oxygen atoms in total. The Bertz CT molecular complexity index is 704. The SMILES string of the molecule is Cc1c(-c2cc3c(cc2C(F)F)N(C(C)C)CC3)cnn1C. The van der Waals surface area contributed by atoms with Crippen molar-refractivity contribution in [3.05, 3.63) is 35.2 Å². The molecule has 0 bridgehead atoms. The van der Waals surface area contributed by atoms with Crippen LogP contribution >= 0.6 is 0 Å². The Balaban J connectivity index is 2.18. The monoisotopic (exact) mass is 305 g/mol. The molecule has 118 valence electrons. The zero-order valence-electron chi connectivity index (χ0n) is 13.4. The fourth-order valence-electron chi connectivity index (χ4n) is 3.19. The molecule has 0 spiro atoms. The number of hydrogen-bond acceptors (Lipinski definition) is 2. The Morgan fingerprint density at radius 1 is 1.18 bits per heavy atom. The van der Waals surface area contributed by atoms with Gasteiger partial charge in [-0.15, -0.1) is 0 Å². The first-order valence-electron chi connectivity index (χ1n) is 7.60. The van der Waals surface area contributed by atoms with Gasteiger partial charge >= 0.3 is 0 Å². The summed E-state index contributed by atoms with van der Waals surface area (Å²) in [5.41, 5.74) is 4.52. The molecule has 0 saturated heterocycles. The third-order valence-corrected chi connectivity index (χ3v) is 4.57. The van der Waals surface area contributed by atoms with Crippen LogP contribution in [0.1, 0.15) is 37.1 Å². The Kier molecular flexibility index (Phi) is 3.67. The van der Waals surface area contributed by atoms with Gasteiger partial charge in [0.1, 0.15) is 0 Å². The Labute approximate surface area is 129 Å². The van der Waals surface area contributed by atoms with E-state index in [0.717, 1.165) is 35.5 Å². The van der Waals surface area contributed by atoms with E-state index >= 15 is 0 Å². The molecule has 0 saturated carbocycles. The fourth-order valence-corrected chi connectivity index (χ4v) is 3.19. The van der Waals surface area contributed by atoms with Gasteiger partial charge in [0.2, 0.25) is 0 Å². The Hall–Kier alpha value is -1.91. The second-order valence-electron chi connectivity index (χ2n) is 6.17. The molecule has 1 aromatic carbocycles. The summed E-state index contributed by atoms with van der Waals surface area (Å²) in [5.74, 6) is 0. The van der Waals surface area contributed by atoms with Crippen LogP contribution in [0.4, 0.5) is 14.5 Å². The summed E-state index contributed by atoms with van der Waals surface area (Å²) in [5, 5.41) is 4.19. The van der Waals surface area contributed by atoms with Crippen LogP contribution < -0.4 is 4.90 Å². The maximum atomic E-state index is 13.6. The molecule has 0 radical (unpaired) electrons. The minimum atomic E-state index is -2.49. The van der Waals surface area contributed by atoms with Crippen molar-refractivity contribution in [3.63, 3.8) is 0 Å². The molecule has 1 aliphatic rings. The highest BCUT2D eigenvalue weighted by Gasteiger charge is 2.26. The van der Waals surface area contributed by atoms with Crippen molar-refractivity contribution in [1.82, 2.24) is 9.78 Å². The summed E-state index contributed by atoms with van der Waals surface area (Å²) in [4.78, 5) is 2.20. The molecule has 0 N–H and O–H groups in total. The predicted molar refractivity (Wildman–Crippen MR) is 84.5 cm³/mol. The average Bonchev–Trinajstić information content (AvgIpc) is 3.01. The molecule has 0 aliphatic carbocycles. The Morgan fingerprint density at radius 3 is 2.45 bits per heavy atom. The molecule has 1 aromatic heterocycles. The van der Waals surface area contributed by atoms with Gasteiger partial charge in [-0.05, 0) is 50.5 Å². The molecular weight excluding hydrogens is 284 g/mol. The molecular formula is C17H21F2N3. The second-order valence-corrected chi connectivity index (χ2v) is 6.17. The van der Waals surface area contributed by atoms with Gasteiger partial charge in [-0.25, -0.2) is 8.78 Å². The lowest BCUT2D eigenvalue weighted by molar-refractivity contribution is 0.152. The number of fused-ring (bicyclic) bond motifs is 1. The normalized spacial score (nSPS) is 14.3. The van der Waals surface area contributed by atoms with Gasteiger partial charge in [-0.1, -0.05) is 0 Å². The summed E-state index contributed by atoms with van der Waals surface area (Å²) in [6, 6.07) is 3.93. The van der Waals surface area contributed by atoms with Crippen molar-refractivity contribution < 1.29 is 8.78 Å². The summed E-state index contributed by atoms with van der Waals surface area (Å²) in [6.07, 6.45) is 0.0936. The maximum absolute atomic E-state index is 13.6. The van der Waals surface area contributed by atoms with Crippen LogP contribution in [0.2, 0.25) is 0 Å². The first-order chi connectivity index (χ1) is 10.4.